The maximum absolute atomic E-state index is 12.1. The Morgan fingerprint density at radius 3 is 2.33 bits per heavy atom. The number of benzene rings is 1. The van der Waals surface area contributed by atoms with Crippen LogP contribution in [-0.4, -0.2) is 30.2 Å². The number of ketones is 2. The number of ether oxygens (including phenoxy) is 2. The number of esters is 1. The first kappa shape index (κ1) is 17.2. The molecule has 0 aromatic heterocycles. The second kappa shape index (κ2) is 6.72. The monoisotopic (exact) mass is 312 g/mol. The van der Waals surface area contributed by atoms with Crippen molar-refractivity contribution in [3.8, 4) is 5.75 Å². The molecule has 0 atom stereocenters. The summed E-state index contributed by atoms with van der Waals surface area (Å²) in [5, 5.41) is 0.337. The molecular formula is C15H17ClO5. The predicted octanol–water partition coefficient (Wildman–Crippen LogP) is 2.83. The molecule has 0 fully saturated rings. The smallest absolute Gasteiger partial charge is 0.375 e. The minimum atomic E-state index is -1.03. The minimum Gasteiger partial charge on any atom is -0.496 e. The Kier molecular flexibility index (Phi) is 5.49. The molecule has 0 aliphatic heterocycles. The number of carbonyl (C=O) groups excluding carboxylic acids is 3. The Morgan fingerprint density at radius 2 is 1.81 bits per heavy atom. The topological polar surface area (TPSA) is 69.7 Å². The molecule has 0 radical (unpaired) electrons. The van der Waals surface area contributed by atoms with Crippen molar-refractivity contribution in [1.29, 1.82) is 0 Å². The number of rotatable bonds is 5. The Morgan fingerprint density at radius 1 is 1.19 bits per heavy atom. The zero-order valence-electron chi connectivity index (χ0n) is 12.4. The maximum atomic E-state index is 12.1. The molecule has 0 spiro atoms. The van der Waals surface area contributed by atoms with E-state index in [4.69, 9.17) is 21.1 Å². The highest BCUT2D eigenvalue weighted by Gasteiger charge is 2.26. The molecule has 1 rings (SSSR count). The van der Waals surface area contributed by atoms with E-state index in [1.807, 2.05) is 0 Å². The van der Waals surface area contributed by atoms with E-state index < -0.39 is 29.6 Å². The summed E-state index contributed by atoms with van der Waals surface area (Å²) in [5.41, 5.74) is -0.634. The molecule has 21 heavy (non-hydrogen) atoms. The van der Waals surface area contributed by atoms with Crippen LogP contribution < -0.4 is 4.74 Å². The van der Waals surface area contributed by atoms with Gasteiger partial charge in [-0.3, -0.25) is 9.59 Å². The molecule has 6 heteroatoms. The van der Waals surface area contributed by atoms with Crippen molar-refractivity contribution in [3.63, 3.8) is 0 Å². The van der Waals surface area contributed by atoms with Crippen LogP contribution >= 0.6 is 11.6 Å². The van der Waals surface area contributed by atoms with Crippen molar-refractivity contribution >= 4 is 29.1 Å². The van der Waals surface area contributed by atoms with E-state index in [2.05, 4.69) is 0 Å². The summed E-state index contributed by atoms with van der Waals surface area (Å²) in [5.74, 6) is -2.19. The van der Waals surface area contributed by atoms with E-state index in [1.54, 1.807) is 26.8 Å². The number of methoxy groups -OCH3 is 1. The largest absolute Gasteiger partial charge is 0.496 e. The summed E-state index contributed by atoms with van der Waals surface area (Å²) in [6.07, 6.45) is -0.592. The SMILES string of the molecule is COc1ccc(Cl)cc1C(=O)CC(=O)C(=O)OC(C)(C)C. The Labute approximate surface area is 128 Å². The first-order chi connectivity index (χ1) is 9.64. The molecule has 0 heterocycles. The number of hydrogen-bond donors (Lipinski definition) is 0. The van der Waals surface area contributed by atoms with Gasteiger partial charge in [-0.2, -0.15) is 0 Å². The van der Waals surface area contributed by atoms with E-state index in [0.29, 0.717) is 10.8 Å². The lowest BCUT2D eigenvalue weighted by atomic mass is 10.0. The van der Waals surface area contributed by atoms with E-state index in [-0.39, 0.29) is 5.56 Å². The predicted molar refractivity (Wildman–Crippen MR) is 77.8 cm³/mol. The van der Waals surface area contributed by atoms with Gasteiger partial charge in [-0.1, -0.05) is 11.6 Å². The molecule has 1 aromatic carbocycles. The van der Waals surface area contributed by atoms with Crippen LogP contribution in [0.25, 0.3) is 0 Å². The number of hydrogen-bond acceptors (Lipinski definition) is 5. The van der Waals surface area contributed by atoms with E-state index in [9.17, 15) is 14.4 Å². The molecule has 0 saturated carbocycles. The van der Waals surface area contributed by atoms with Gasteiger partial charge in [-0.25, -0.2) is 4.79 Å². The van der Waals surface area contributed by atoms with Gasteiger partial charge in [0.25, 0.3) is 0 Å². The molecular weight excluding hydrogens is 296 g/mol. The van der Waals surface area contributed by atoms with Crippen molar-refractivity contribution in [3.05, 3.63) is 28.8 Å². The van der Waals surface area contributed by atoms with Gasteiger partial charge in [0.1, 0.15) is 11.4 Å². The molecule has 0 unspecified atom stereocenters. The van der Waals surface area contributed by atoms with E-state index in [0.717, 1.165) is 0 Å². The molecule has 0 amide bonds. The Bertz CT molecular complexity index is 572. The quantitative estimate of drug-likeness (QED) is 0.362. The molecule has 0 aliphatic rings. The van der Waals surface area contributed by atoms with Crippen molar-refractivity contribution in [2.45, 2.75) is 32.8 Å². The third-order valence-electron chi connectivity index (χ3n) is 2.41. The van der Waals surface area contributed by atoms with Gasteiger partial charge in [0, 0.05) is 5.02 Å². The summed E-state index contributed by atoms with van der Waals surface area (Å²) in [4.78, 5) is 35.4. The second-order valence-corrected chi connectivity index (χ2v) is 5.81. The fourth-order valence-electron chi connectivity index (χ4n) is 1.55. The number of carbonyl (C=O) groups is 3. The van der Waals surface area contributed by atoms with E-state index in [1.165, 1.54) is 19.2 Å². The van der Waals surface area contributed by atoms with Gasteiger partial charge in [0.2, 0.25) is 5.78 Å². The lowest BCUT2D eigenvalue weighted by Gasteiger charge is -2.18. The highest BCUT2D eigenvalue weighted by atomic mass is 35.5. The summed E-state index contributed by atoms with van der Waals surface area (Å²) in [6, 6.07) is 4.48. The van der Waals surface area contributed by atoms with Gasteiger partial charge in [-0.05, 0) is 39.0 Å². The first-order valence-corrected chi connectivity index (χ1v) is 6.65. The van der Waals surface area contributed by atoms with Crippen molar-refractivity contribution < 1.29 is 23.9 Å². The first-order valence-electron chi connectivity index (χ1n) is 6.27. The van der Waals surface area contributed by atoms with Gasteiger partial charge >= 0.3 is 5.97 Å². The van der Waals surface area contributed by atoms with Crippen LogP contribution in [-0.2, 0) is 14.3 Å². The number of Topliss-reactive ketones (excluding diaryl/α,β-unsaturated/α-hetero) is 2. The lowest BCUT2D eigenvalue weighted by Crippen LogP contribution is -2.30. The molecule has 5 nitrogen and oxygen atoms in total. The van der Waals surface area contributed by atoms with Crippen LogP contribution in [0.2, 0.25) is 5.02 Å². The van der Waals surface area contributed by atoms with E-state index >= 15 is 0 Å². The third kappa shape index (κ3) is 5.19. The summed E-state index contributed by atoms with van der Waals surface area (Å²) < 4.78 is 9.96. The highest BCUT2D eigenvalue weighted by molar-refractivity contribution is 6.38. The van der Waals surface area contributed by atoms with Crippen LogP contribution in [0.1, 0.15) is 37.6 Å². The van der Waals surface area contributed by atoms with Crippen molar-refractivity contribution in [2.75, 3.05) is 7.11 Å². The van der Waals surface area contributed by atoms with Crippen molar-refractivity contribution in [2.24, 2.45) is 0 Å². The fourth-order valence-corrected chi connectivity index (χ4v) is 1.72. The lowest BCUT2D eigenvalue weighted by molar-refractivity contribution is -0.162. The molecule has 1 aromatic rings. The molecule has 0 aliphatic carbocycles. The normalized spacial score (nSPS) is 10.9. The van der Waals surface area contributed by atoms with Crippen LogP contribution in [0.4, 0.5) is 0 Å². The average molecular weight is 313 g/mol. The zero-order valence-corrected chi connectivity index (χ0v) is 13.1. The maximum Gasteiger partial charge on any atom is 0.375 e. The fraction of sp³-hybridized carbons (Fsp3) is 0.400. The van der Waals surface area contributed by atoms with Crippen LogP contribution in [0.3, 0.4) is 0 Å². The molecule has 114 valence electrons. The van der Waals surface area contributed by atoms with Gasteiger partial charge in [0.15, 0.2) is 5.78 Å². The van der Waals surface area contributed by atoms with Gasteiger partial charge in [0.05, 0.1) is 19.1 Å². The molecule has 0 bridgehead atoms. The Hall–Kier alpha value is -1.88. The zero-order chi connectivity index (χ0) is 16.2. The van der Waals surface area contributed by atoms with Crippen molar-refractivity contribution in [1.82, 2.24) is 0 Å². The summed E-state index contributed by atoms with van der Waals surface area (Å²) in [6.45, 7) is 4.92. The standard InChI is InChI=1S/C15H17ClO5/c1-15(2,3)21-14(19)12(18)8-11(17)10-7-9(16)5-6-13(10)20-4/h5-7H,8H2,1-4H3. The van der Waals surface area contributed by atoms with Gasteiger partial charge < -0.3 is 9.47 Å². The summed E-state index contributed by atoms with van der Waals surface area (Å²) >= 11 is 5.82. The average Bonchev–Trinajstić information content (AvgIpc) is 2.36. The molecule has 0 N–H and O–H groups in total. The Balaban J connectivity index is 2.84. The van der Waals surface area contributed by atoms with Gasteiger partial charge in [-0.15, -0.1) is 0 Å². The van der Waals surface area contributed by atoms with Crippen LogP contribution in [0.15, 0.2) is 18.2 Å². The molecule has 0 saturated heterocycles. The van der Waals surface area contributed by atoms with Crippen LogP contribution in [0.5, 0.6) is 5.75 Å². The highest BCUT2D eigenvalue weighted by Crippen LogP contribution is 2.24. The second-order valence-electron chi connectivity index (χ2n) is 5.37. The minimum absolute atomic E-state index is 0.155. The van der Waals surface area contributed by atoms with Crippen LogP contribution in [0, 0.1) is 0 Å². The third-order valence-corrected chi connectivity index (χ3v) is 2.64. The number of halogens is 1. The summed E-state index contributed by atoms with van der Waals surface area (Å²) in [7, 11) is 1.40.